The van der Waals surface area contributed by atoms with Gasteiger partial charge in [0.1, 0.15) is 6.54 Å². The number of rotatable bonds is 8. The number of hydrogen-bond acceptors (Lipinski definition) is 4. The minimum atomic E-state index is 0.378. The van der Waals surface area contributed by atoms with Crippen LogP contribution >= 0.6 is 0 Å². The zero-order valence-electron chi connectivity index (χ0n) is 15.6. The lowest BCUT2D eigenvalue weighted by Gasteiger charge is -2.27. The Hall–Kier alpha value is -1.56. The highest BCUT2D eigenvalue weighted by atomic mass is 16.5. The molecule has 2 rings (SSSR count). The molecule has 0 radical (unpaired) electrons. The van der Waals surface area contributed by atoms with Crippen LogP contribution in [0.15, 0.2) is 15.6 Å². The average molecular weight is 335 g/mol. The first-order valence-corrected chi connectivity index (χ1v) is 9.35. The van der Waals surface area contributed by atoms with Gasteiger partial charge in [0.05, 0.1) is 5.69 Å². The first-order valence-electron chi connectivity index (χ1n) is 9.35. The quantitative estimate of drug-likeness (QED) is 0.565. The Balaban J connectivity index is 1.89. The molecule has 6 nitrogen and oxygen atoms in total. The molecule has 136 valence electrons. The topological polar surface area (TPSA) is 65.7 Å². The zero-order chi connectivity index (χ0) is 17.4. The monoisotopic (exact) mass is 335 g/mol. The van der Waals surface area contributed by atoms with E-state index in [1.54, 1.807) is 0 Å². The lowest BCUT2D eigenvalue weighted by Crippen LogP contribution is -2.46. The predicted molar refractivity (Wildman–Crippen MR) is 98.3 cm³/mol. The lowest BCUT2D eigenvalue weighted by molar-refractivity contribution is 0.236. The Morgan fingerprint density at radius 1 is 1.29 bits per heavy atom. The average Bonchev–Trinajstić information content (AvgIpc) is 3.25. The van der Waals surface area contributed by atoms with Gasteiger partial charge in [0.2, 0.25) is 0 Å². The summed E-state index contributed by atoms with van der Waals surface area (Å²) in [5, 5.41) is 10.9. The maximum atomic E-state index is 5.36. The molecule has 0 aliphatic carbocycles. The molecule has 0 amide bonds. The van der Waals surface area contributed by atoms with Gasteiger partial charge >= 0.3 is 0 Å². The molecule has 1 aromatic rings. The molecular formula is C18H33N5O. The van der Waals surface area contributed by atoms with Crippen LogP contribution in [0.2, 0.25) is 0 Å². The Morgan fingerprint density at radius 3 is 2.62 bits per heavy atom. The van der Waals surface area contributed by atoms with Crippen molar-refractivity contribution in [2.75, 3.05) is 26.2 Å². The number of guanidine groups is 1. The van der Waals surface area contributed by atoms with E-state index in [1.165, 1.54) is 25.9 Å². The van der Waals surface area contributed by atoms with E-state index in [-0.39, 0.29) is 0 Å². The molecule has 1 aromatic heterocycles. The maximum absolute atomic E-state index is 5.36. The van der Waals surface area contributed by atoms with Crippen LogP contribution in [0.1, 0.15) is 64.3 Å². The fraction of sp³-hybridized carbons (Fsp3) is 0.778. The molecular weight excluding hydrogens is 302 g/mol. The number of nitrogens with one attached hydrogen (secondary N) is 2. The molecule has 0 spiro atoms. The van der Waals surface area contributed by atoms with Crippen LogP contribution in [0.4, 0.5) is 0 Å². The van der Waals surface area contributed by atoms with E-state index in [0.717, 1.165) is 36.9 Å². The second-order valence-electron chi connectivity index (χ2n) is 6.75. The fourth-order valence-electron chi connectivity index (χ4n) is 3.03. The van der Waals surface area contributed by atoms with Crippen LogP contribution in [0.5, 0.6) is 0 Å². The normalized spacial score (nSPS) is 17.5. The van der Waals surface area contributed by atoms with Gasteiger partial charge < -0.3 is 15.2 Å². The summed E-state index contributed by atoms with van der Waals surface area (Å²) in [5.41, 5.74) is 0.984. The van der Waals surface area contributed by atoms with Gasteiger partial charge in [-0.2, -0.15) is 0 Å². The smallest absolute Gasteiger partial charge is 0.191 e. The van der Waals surface area contributed by atoms with E-state index in [4.69, 9.17) is 4.52 Å². The summed E-state index contributed by atoms with van der Waals surface area (Å²) < 4.78 is 5.36. The third-order valence-corrected chi connectivity index (χ3v) is 4.54. The van der Waals surface area contributed by atoms with Gasteiger partial charge in [-0.15, -0.1) is 0 Å². The number of hydrogen-bond donors (Lipinski definition) is 2. The number of likely N-dealkylation sites (tertiary alicyclic amines) is 1. The Morgan fingerprint density at radius 2 is 2.04 bits per heavy atom. The van der Waals surface area contributed by atoms with Crippen LogP contribution in [-0.2, 0) is 6.54 Å². The van der Waals surface area contributed by atoms with Gasteiger partial charge in [-0.3, -0.25) is 4.90 Å². The summed E-state index contributed by atoms with van der Waals surface area (Å²) in [7, 11) is 0. The summed E-state index contributed by atoms with van der Waals surface area (Å²) in [6.07, 6.45) is 3.81. The van der Waals surface area contributed by atoms with Crippen molar-refractivity contribution in [3.05, 3.63) is 17.5 Å². The van der Waals surface area contributed by atoms with Crippen molar-refractivity contribution >= 4 is 5.96 Å². The molecule has 1 aliphatic heterocycles. The van der Waals surface area contributed by atoms with Crippen LogP contribution in [-0.4, -0.2) is 48.2 Å². The minimum Gasteiger partial charge on any atom is -0.359 e. The highest BCUT2D eigenvalue weighted by Gasteiger charge is 2.20. The number of aliphatic imine (C=N–C) groups is 1. The van der Waals surface area contributed by atoms with Crippen LogP contribution in [0.3, 0.4) is 0 Å². The second-order valence-corrected chi connectivity index (χ2v) is 6.75. The molecule has 0 bridgehead atoms. The molecule has 0 aromatic carbocycles. The van der Waals surface area contributed by atoms with Gasteiger partial charge in [0, 0.05) is 25.2 Å². The van der Waals surface area contributed by atoms with E-state index in [2.05, 4.69) is 53.4 Å². The zero-order valence-corrected chi connectivity index (χ0v) is 15.6. The molecule has 2 N–H and O–H groups in total. The van der Waals surface area contributed by atoms with E-state index in [0.29, 0.717) is 18.5 Å². The third kappa shape index (κ3) is 5.51. The standard InChI is InChI=1S/C18H33N5O/c1-5-15(23-9-7-8-10-23)12-20-18(19-6-2)21-13-16-11-17(14(3)4)22-24-16/h11,14-15H,5-10,12-13H2,1-4H3,(H2,19,20,21). The molecule has 1 unspecified atom stereocenters. The van der Waals surface area contributed by atoms with Crippen LogP contribution < -0.4 is 10.6 Å². The summed E-state index contributed by atoms with van der Waals surface area (Å²) in [6, 6.07) is 2.57. The highest BCUT2D eigenvalue weighted by Crippen LogP contribution is 2.15. The first-order chi connectivity index (χ1) is 11.6. The molecule has 1 saturated heterocycles. The predicted octanol–water partition coefficient (Wildman–Crippen LogP) is 2.73. The fourth-order valence-corrected chi connectivity index (χ4v) is 3.03. The summed E-state index contributed by atoms with van der Waals surface area (Å²) in [6.45, 7) is 13.3. The largest absolute Gasteiger partial charge is 0.359 e. The summed E-state index contributed by atoms with van der Waals surface area (Å²) >= 11 is 0. The SMILES string of the molecule is CCNC(=NCc1cc(C(C)C)no1)NCC(CC)N1CCCC1. The molecule has 2 heterocycles. The molecule has 24 heavy (non-hydrogen) atoms. The van der Waals surface area contributed by atoms with Gasteiger partial charge in [0.25, 0.3) is 0 Å². The van der Waals surface area contributed by atoms with E-state index < -0.39 is 0 Å². The summed E-state index contributed by atoms with van der Waals surface area (Å²) in [4.78, 5) is 7.22. The van der Waals surface area contributed by atoms with Crippen molar-refractivity contribution in [3.63, 3.8) is 0 Å². The van der Waals surface area contributed by atoms with Crippen molar-refractivity contribution in [2.24, 2.45) is 4.99 Å². The summed E-state index contributed by atoms with van der Waals surface area (Å²) in [5.74, 6) is 2.03. The first kappa shape index (κ1) is 18.8. The van der Waals surface area contributed by atoms with Crippen molar-refractivity contribution in [3.8, 4) is 0 Å². The van der Waals surface area contributed by atoms with E-state index in [1.807, 2.05) is 6.07 Å². The third-order valence-electron chi connectivity index (χ3n) is 4.54. The van der Waals surface area contributed by atoms with Gasteiger partial charge in [-0.05, 0) is 45.2 Å². The Bertz CT molecular complexity index is 505. The maximum Gasteiger partial charge on any atom is 0.191 e. The van der Waals surface area contributed by atoms with Gasteiger partial charge in [-0.25, -0.2) is 4.99 Å². The lowest BCUT2D eigenvalue weighted by atomic mass is 10.1. The van der Waals surface area contributed by atoms with Crippen molar-refractivity contribution in [2.45, 2.75) is 65.5 Å². The second kappa shape index (κ2) is 9.67. The minimum absolute atomic E-state index is 0.378. The van der Waals surface area contributed by atoms with Crippen molar-refractivity contribution in [1.29, 1.82) is 0 Å². The van der Waals surface area contributed by atoms with E-state index >= 15 is 0 Å². The van der Waals surface area contributed by atoms with Crippen LogP contribution in [0.25, 0.3) is 0 Å². The molecule has 0 saturated carbocycles. The highest BCUT2D eigenvalue weighted by molar-refractivity contribution is 5.79. The Kier molecular flexibility index (Phi) is 7.56. The molecule has 1 aliphatic rings. The molecule has 1 fully saturated rings. The van der Waals surface area contributed by atoms with Crippen LogP contribution in [0, 0.1) is 0 Å². The van der Waals surface area contributed by atoms with E-state index in [9.17, 15) is 0 Å². The molecule has 6 heteroatoms. The van der Waals surface area contributed by atoms with Gasteiger partial charge in [0.15, 0.2) is 11.7 Å². The van der Waals surface area contributed by atoms with Crippen molar-refractivity contribution in [1.82, 2.24) is 20.7 Å². The van der Waals surface area contributed by atoms with Gasteiger partial charge in [-0.1, -0.05) is 25.9 Å². The van der Waals surface area contributed by atoms with Crippen molar-refractivity contribution < 1.29 is 4.52 Å². The number of nitrogens with zero attached hydrogens (tertiary/aromatic N) is 3. The molecule has 1 atom stereocenters. The Labute approximate surface area is 146 Å². The number of aromatic nitrogens is 1.